The summed E-state index contributed by atoms with van der Waals surface area (Å²) >= 11 is 6.16. The highest BCUT2D eigenvalue weighted by atomic mass is 35.5. The van der Waals surface area contributed by atoms with Crippen molar-refractivity contribution in [3.05, 3.63) is 76.3 Å². The lowest BCUT2D eigenvalue weighted by molar-refractivity contribution is -0.134. The van der Waals surface area contributed by atoms with Gasteiger partial charge in [-0.1, -0.05) is 50.1 Å². The van der Waals surface area contributed by atoms with Gasteiger partial charge < -0.3 is 25.6 Å². The summed E-state index contributed by atoms with van der Waals surface area (Å²) in [5.74, 6) is -1.62. The number of halogens is 1. The highest BCUT2D eigenvalue weighted by Crippen LogP contribution is 2.53. The number of ether oxygens (including phenoxy) is 1. The zero-order valence-corrected chi connectivity index (χ0v) is 26.2. The Balaban J connectivity index is 0.000000557. The quantitative estimate of drug-likeness (QED) is 0.153. The summed E-state index contributed by atoms with van der Waals surface area (Å²) in [4.78, 5) is 19.1. The predicted octanol–water partition coefficient (Wildman–Crippen LogP) is 4.05. The molecule has 0 radical (unpaired) electrons. The molecule has 0 amide bonds. The first-order valence-corrected chi connectivity index (χ1v) is 16.5. The van der Waals surface area contributed by atoms with Crippen molar-refractivity contribution in [3.63, 3.8) is 0 Å². The Morgan fingerprint density at radius 3 is 2.35 bits per heavy atom. The van der Waals surface area contributed by atoms with Gasteiger partial charge in [-0.2, -0.15) is 0 Å². The monoisotopic (exact) mass is 635 g/mol. The third-order valence-corrected chi connectivity index (χ3v) is 9.31. The number of carboxylic acids is 2. The van der Waals surface area contributed by atoms with Gasteiger partial charge in [0, 0.05) is 41.2 Å². The Hall–Kier alpha value is -2.96. The molecule has 1 unspecified atom stereocenters. The lowest BCUT2D eigenvalue weighted by Crippen LogP contribution is -2.49. The summed E-state index contributed by atoms with van der Waals surface area (Å²) in [5.41, 5.74) is 4.06. The van der Waals surface area contributed by atoms with Crippen LogP contribution in [-0.4, -0.2) is 68.6 Å². The van der Waals surface area contributed by atoms with E-state index in [-0.39, 0.29) is 23.8 Å². The Kier molecular flexibility index (Phi) is 13.0. The first-order valence-electron chi connectivity index (χ1n) is 14.5. The van der Waals surface area contributed by atoms with Crippen LogP contribution in [0.25, 0.3) is 0 Å². The molecule has 236 valence electrons. The van der Waals surface area contributed by atoms with Crippen LogP contribution >= 0.6 is 11.6 Å². The van der Waals surface area contributed by atoms with E-state index in [2.05, 4.69) is 39.6 Å². The number of rotatable bonds is 14. The van der Waals surface area contributed by atoms with Gasteiger partial charge in [0.05, 0.1) is 5.75 Å². The molecule has 1 saturated carbocycles. The third kappa shape index (κ3) is 10.6. The molecule has 0 bridgehead atoms. The van der Waals surface area contributed by atoms with Crippen molar-refractivity contribution >= 4 is 33.6 Å². The molecule has 1 aliphatic carbocycles. The van der Waals surface area contributed by atoms with E-state index in [0.717, 1.165) is 36.6 Å². The minimum atomic E-state index is -3.30. The molecule has 1 heterocycles. The number of hydrogen-bond donors (Lipinski definition) is 5. The molecule has 2 aliphatic rings. The topological polar surface area (TPSA) is 154 Å². The number of nitrogens with one attached hydrogen (secondary N) is 3. The maximum absolute atomic E-state index is 12.2. The molecule has 2 aromatic rings. The molecule has 1 fully saturated rings. The standard InChI is InChI=1S/C27H38ClN3O3S.C4H4O4/c1-20(2)29-14-4-18-35(32,33)31-16-17-34-24-10-5-21-11-15-30-26(25(21)19-24)27(12-3-13-27)22-6-8-23(28)9-7-22;5-3(6)1-2-4(7)8/h5-10,19-20,26,29-31H,3-4,11-18H2,1-2H3;1-2H,(H,5,6)(H,7,8). The van der Waals surface area contributed by atoms with E-state index in [1.54, 1.807) is 0 Å². The smallest absolute Gasteiger partial charge is 0.328 e. The van der Waals surface area contributed by atoms with E-state index in [4.69, 9.17) is 26.6 Å². The Morgan fingerprint density at radius 1 is 1.09 bits per heavy atom. The number of benzene rings is 2. The molecule has 1 aliphatic heterocycles. The maximum atomic E-state index is 12.2. The maximum Gasteiger partial charge on any atom is 0.328 e. The van der Waals surface area contributed by atoms with Crippen molar-refractivity contribution in [3.8, 4) is 5.75 Å². The van der Waals surface area contributed by atoms with Gasteiger partial charge in [0.1, 0.15) is 12.4 Å². The number of fused-ring (bicyclic) bond motifs is 1. The fourth-order valence-corrected chi connectivity index (χ4v) is 6.62. The van der Waals surface area contributed by atoms with E-state index >= 15 is 0 Å². The first-order chi connectivity index (χ1) is 20.4. The van der Waals surface area contributed by atoms with Gasteiger partial charge in [0.2, 0.25) is 10.0 Å². The van der Waals surface area contributed by atoms with E-state index in [9.17, 15) is 18.0 Å². The highest BCUT2D eigenvalue weighted by Gasteiger charge is 2.47. The van der Waals surface area contributed by atoms with Crippen LogP contribution in [0.2, 0.25) is 5.02 Å². The molecular formula is C31H42ClN3O7S. The minimum absolute atomic E-state index is 0.0679. The van der Waals surface area contributed by atoms with Crippen LogP contribution in [0.3, 0.4) is 0 Å². The summed E-state index contributed by atoms with van der Waals surface area (Å²) in [6.45, 7) is 6.30. The first kappa shape index (κ1) is 34.5. The van der Waals surface area contributed by atoms with Crippen LogP contribution in [-0.2, 0) is 31.4 Å². The Bertz CT molecular complexity index is 1340. The van der Waals surface area contributed by atoms with Crippen LogP contribution in [0.4, 0.5) is 0 Å². The van der Waals surface area contributed by atoms with Gasteiger partial charge in [0.25, 0.3) is 0 Å². The summed E-state index contributed by atoms with van der Waals surface area (Å²) in [6.07, 6.45) is 6.21. The molecule has 0 aromatic heterocycles. The number of sulfonamides is 1. The summed E-state index contributed by atoms with van der Waals surface area (Å²) in [7, 11) is -3.30. The highest BCUT2D eigenvalue weighted by molar-refractivity contribution is 7.89. The van der Waals surface area contributed by atoms with Crippen molar-refractivity contribution < 1.29 is 33.0 Å². The molecule has 10 nitrogen and oxygen atoms in total. The number of aliphatic carboxylic acids is 2. The van der Waals surface area contributed by atoms with E-state index in [1.165, 1.54) is 23.1 Å². The zero-order chi connectivity index (χ0) is 31.5. The van der Waals surface area contributed by atoms with Crippen molar-refractivity contribution in [2.24, 2.45) is 0 Å². The largest absolute Gasteiger partial charge is 0.492 e. The number of hydrogen-bond acceptors (Lipinski definition) is 7. The average Bonchev–Trinajstić information content (AvgIpc) is 2.93. The molecule has 5 N–H and O–H groups in total. The molecule has 0 spiro atoms. The molecule has 12 heteroatoms. The zero-order valence-electron chi connectivity index (χ0n) is 24.6. The lowest BCUT2D eigenvalue weighted by atomic mass is 9.58. The van der Waals surface area contributed by atoms with Crippen molar-refractivity contribution in [2.75, 3.05) is 32.0 Å². The lowest BCUT2D eigenvalue weighted by Gasteiger charge is -2.50. The van der Waals surface area contributed by atoms with Crippen LogP contribution in [0.15, 0.2) is 54.6 Å². The number of carbonyl (C=O) groups is 2. The van der Waals surface area contributed by atoms with E-state index in [0.29, 0.717) is 37.8 Å². The number of carboxylic acid groups (broad SMARTS) is 2. The fraction of sp³-hybridized carbons (Fsp3) is 0.484. The summed E-state index contributed by atoms with van der Waals surface area (Å²) < 4.78 is 33.1. The fourth-order valence-electron chi connectivity index (χ4n) is 5.43. The Morgan fingerprint density at radius 2 is 1.77 bits per heavy atom. The molecule has 4 rings (SSSR count). The molecule has 43 heavy (non-hydrogen) atoms. The van der Waals surface area contributed by atoms with Crippen molar-refractivity contribution in [1.82, 2.24) is 15.4 Å². The van der Waals surface area contributed by atoms with Gasteiger partial charge in [-0.3, -0.25) is 0 Å². The predicted molar refractivity (Wildman–Crippen MR) is 167 cm³/mol. The Labute approximate surface area is 258 Å². The van der Waals surface area contributed by atoms with Crippen molar-refractivity contribution in [1.29, 1.82) is 0 Å². The van der Waals surface area contributed by atoms with Gasteiger partial charge in [-0.15, -0.1) is 0 Å². The van der Waals surface area contributed by atoms with Crippen molar-refractivity contribution in [2.45, 2.75) is 63.5 Å². The van der Waals surface area contributed by atoms with Crippen LogP contribution in [0, 0.1) is 0 Å². The van der Waals surface area contributed by atoms with Gasteiger partial charge >= 0.3 is 11.9 Å². The molecule has 1 atom stereocenters. The second-order valence-corrected chi connectivity index (χ2v) is 13.4. The van der Waals surface area contributed by atoms with Gasteiger partial charge in [-0.25, -0.2) is 22.7 Å². The summed E-state index contributed by atoms with van der Waals surface area (Å²) in [6, 6.07) is 15.2. The van der Waals surface area contributed by atoms with Crippen LogP contribution < -0.4 is 20.1 Å². The van der Waals surface area contributed by atoms with E-state index < -0.39 is 22.0 Å². The van der Waals surface area contributed by atoms with Gasteiger partial charge in [-0.05, 0) is 79.7 Å². The third-order valence-electron chi connectivity index (χ3n) is 7.59. The second kappa shape index (κ2) is 16.2. The molecular weight excluding hydrogens is 594 g/mol. The summed E-state index contributed by atoms with van der Waals surface area (Å²) in [5, 5.41) is 23.4. The molecule has 2 aromatic carbocycles. The average molecular weight is 636 g/mol. The minimum Gasteiger partial charge on any atom is -0.492 e. The second-order valence-electron chi connectivity index (χ2n) is 11.0. The van der Waals surface area contributed by atoms with Crippen LogP contribution in [0.5, 0.6) is 5.75 Å². The molecule has 0 saturated heterocycles. The van der Waals surface area contributed by atoms with Crippen LogP contribution in [0.1, 0.15) is 62.3 Å². The SMILES string of the molecule is CC(C)NCCCS(=O)(=O)NCCOc1ccc2c(c1)C(C1(c3ccc(Cl)cc3)CCC1)NCC2.O=C(O)C=CC(=O)O. The normalized spacial score (nSPS) is 17.4. The van der Waals surface area contributed by atoms with Gasteiger partial charge in [0.15, 0.2) is 0 Å². The van der Waals surface area contributed by atoms with E-state index in [1.807, 2.05) is 32.0 Å².